The minimum absolute atomic E-state index is 0.000900. The number of amides is 2. The largest absolute Gasteiger partial charge is 0.453 e. The van der Waals surface area contributed by atoms with Gasteiger partial charge >= 0.3 is 6.09 Å². The fourth-order valence-corrected chi connectivity index (χ4v) is 2.16. The molecule has 0 spiro atoms. The Morgan fingerprint density at radius 3 is 2.70 bits per heavy atom. The summed E-state index contributed by atoms with van der Waals surface area (Å²) >= 11 is 0. The lowest BCUT2D eigenvalue weighted by atomic mass is 9.99. The molecule has 2 rings (SSSR count). The lowest BCUT2D eigenvalue weighted by molar-refractivity contribution is -0.120. The first-order chi connectivity index (χ1) is 9.69. The molecule has 6 nitrogen and oxygen atoms in total. The quantitative estimate of drug-likeness (QED) is 0.787. The van der Waals surface area contributed by atoms with Gasteiger partial charge in [-0.05, 0) is 37.6 Å². The van der Waals surface area contributed by atoms with Crippen LogP contribution in [0.15, 0.2) is 24.3 Å². The summed E-state index contributed by atoms with van der Waals surface area (Å²) in [6.45, 7) is 1.69. The summed E-state index contributed by atoms with van der Waals surface area (Å²) in [7, 11) is 1.30. The molecule has 6 heteroatoms. The van der Waals surface area contributed by atoms with Crippen LogP contribution in [-0.4, -0.2) is 32.2 Å². The summed E-state index contributed by atoms with van der Waals surface area (Å²) in [6, 6.07) is 6.98. The van der Waals surface area contributed by atoms with Gasteiger partial charge in [0, 0.05) is 17.9 Å². The second-order valence-electron chi connectivity index (χ2n) is 4.73. The predicted molar refractivity (Wildman–Crippen MR) is 76.7 cm³/mol. The molecule has 108 valence electrons. The van der Waals surface area contributed by atoms with Gasteiger partial charge < -0.3 is 15.4 Å². The number of ether oxygens (including phenoxy) is 1. The molecule has 0 unspecified atom stereocenters. The number of hydrogen-bond donors (Lipinski definition) is 3. The summed E-state index contributed by atoms with van der Waals surface area (Å²) in [6.07, 6.45) is 1.38. The number of piperidine rings is 1. The molecule has 0 aliphatic carbocycles. The minimum atomic E-state index is -0.537. The first-order valence-corrected chi connectivity index (χ1v) is 6.65. The van der Waals surface area contributed by atoms with Crippen LogP contribution < -0.4 is 16.0 Å². The van der Waals surface area contributed by atoms with Gasteiger partial charge in [-0.25, -0.2) is 4.79 Å². The summed E-state index contributed by atoms with van der Waals surface area (Å²) in [5.74, 6) is 0.00777. The molecule has 1 atom stereocenters. The van der Waals surface area contributed by atoms with Gasteiger partial charge in [0.2, 0.25) is 5.91 Å². The Labute approximate surface area is 117 Å². The van der Waals surface area contributed by atoms with E-state index in [9.17, 15) is 9.59 Å². The lowest BCUT2D eigenvalue weighted by Gasteiger charge is -2.22. The van der Waals surface area contributed by atoms with Crippen LogP contribution >= 0.6 is 0 Å². The van der Waals surface area contributed by atoms with Gasteiger partial charge in [-0.3, -0.25) is 10.1 Å². The van der Waals surface area contributed by atoms with Gasteiger partial charge in [-0.1, -0.05) is 6.07 Å². The van der Waals surface area contributed by atoms with Gasteiger partial charge in [-0.2, -0.15) is 0 Å². The molecule has 0 radical (unpaired) electrons. The van der Waals surface area contributed by atoms with Crippen LogP contribution in [-0.2, 0) is 9.53 Å². The standard InChI is InChI=1S/C14H19N3O3/c1-20-14(19)17-12-6-2-5-11(8-12)16-13(18)10-4-3-7-15-9-10/h2,5-6,8,10,15H,3-4,7,9H2,1H3,(H,16,18)(H,17,19)/t10-/m1/s1. The molecule has 0 bridgehead atoms. The van der Waals surface area contributed by atoms with Crippen molar-refractivity contribution >= 4 is 23.4 Å². The number of carbonyl (C=O) groups excluding carboxylic acids is 2. The van der Waals surface area contributed by atoms with E-state index in [0.29, 0.717) is 17.9 Å². The molecule has 1 aromatic rings. The van der Waals surface area contributed by atoms with E-state index in [1.807, 2.05) is 0 Å². The van der Waals surface area contributed by atoms with Gasteiger partial charge in [0.05, 0.1) is 13.0 Å². The van der Waals surface area contributed by atoms with E-state index in [2.05, 4.69) is 20.7 Å². The van der Waals surface area contributed by atoms with Crippen molar-refractivity contribution in [2.24, 2.45) is 5.92 Å². The van der Waals surface area contributed by atoms with E-state index >= 15 is 0 Å². The van der Waals surface area contributed by atoms with Crippen LogP contribution in [0, 0.1) is 5.92 Å². The SMILES string of the molecule is COC(=O)Nc1cccc(NC(=O)[C@@H]2CCCNC2)c1. The number of hydrogen-bond acceptors (Lipinski definition) is 4. The highest BCUT2D eigenvalue weighted by Gasteiger charge is 2.20. The van der Waals surface area contributed by atoms with Crippen molar-refractivity contribution in [3.63, 3.8) is 0 Å². The Hall–Kier alpha value is -2.08. The number of anilines is 2. The summed E-state index contributed by atoms with van der Waals surface area (Å²) < 4.78 is 4.52. The summed E-state index contributed by atoms with van der Waals surface area (Å²) in [5, 5.41) is 8.64. The Balaban J connectivity index is 1.96. The molecular formula is C14H19N3O3. The minimum Gasteiger partial charge on any atom is -0.453 e. The molecule has 0 saturated carbocycles. The van der Waals surface area contributed by atoms with E-state index in [4.69, 9.17) is 0 Å². The Morgan fingerprint density at radius 1 is 1.30 bits per heavy atom. The third-order valence-electron chi connectivity index (χ3n) is 3.23. The average Bonchev–Trinajstić information content (AvgIpc) is 2.48. The maximum atomic E-state index is 12.1. The van der Waals surface area contributed by atoms with Gasteiger partial charge in [0.1, 0.15) is 0 Å². The normalized spacial score (nSPS) is 18.1. The number of rotatable bonds is 3. The number of nitrogens with one attached hydrogen (secondary N) is 3. The van der Waals surface area contributed by atoms with Crippen LogP contribution in [0.4, 0.5) is 16.2 Å². The third kappa shape index (κ3) is 3.96. The molecule has 1 heterocycles. The number of benzene rings is 1. The predicted octanol–water partition coefficient (Wildman–Crippen LogP) is 1.80. The highest BCUT2D eigenvalue weighted by Crippen LogP contribution is 2.18. The zero-order valence-electron chi connectivity index (χ0n) is 11.4. The molecule has 1 aliphatic heterocycles. The third-order valence-corrected chi connectivity index (χ3v) is 3.23. The Kier molecular flexibility index (Phi) is 4.95. The van der Waals surface area contributed by atoms with E-state index < -0.39 is 6.09 Å². The molecule has 20 heavy (non-hydrogen) atoms. The first kappa shape index (κ1) is 14.3. The average molecular weight is 277 g/mol. The molecule has 1 aromatic carbocycles. The first-order valence-electron chi connectivity index (χ1n) is 6.65. The van der Waals surface area contributed by atoms with Crippen molar-refractivity contribution in [3.05, 3.63) is 24.3 Å². The van der Waals surface area contributed by atoms with Crippen LogP contribution in [0.2, 0.25) is 0 Å². The number of carbonyl (C=O) groups is 2. The van der Waals surface area contributed by atoms with Crippen molar-refractivity contribution in [2.45, 2.75) is 12.8 Å². The molecule has 2 amide bonds. The number of methoxy groups -OCH3 is 1. The maximum absolute atomic E-state index is 12.1. The van der Waals surface area contributed by atoms with Crippen molar-refractivity contribution in [1.82, 2.24) is 5.32 Å². The van der Waals surface area contributed by atoms with E-state index in [1.165, 1.54) is 7.11 Å². The fourth-order valence-electron chi connectivity index (χ4n) is 2.16. The second kappa shape index (κ2) is 6.91. The summed E-state index contributed by atoms with van der Waals surface area (Å²) in [5.41, 5.74) is 1.24. The zero-order valence-corrected chi connectivity index (χ0v) is 11.4. The summed E-state index contributed by atoms with van der Waals surface area (Å²) in [4.78, 5) is 23.2. The Morgan fingerprint density at radius 2 is 2.05 bits per heavy atom. The van der Waals surface area contributed by atoms with Gasteiger partial charge in [-0.15, -0.1) is 0 Å². The molecule has 1 fully saturated rings. The zero-order chi connectivity index (χ0) is 14.4. The molecule has 0 aromatic heterocycles. The molecular weight excluding hydrogens is 258 g/mol. The highest BCUT2D eigenvalue weighted by molar-refractivity contribution is 5.94. The van der Waals surface area contributed by atoms with E-state index in [0.717, 1.165) is 19.4 Å². The van der Waals surface area contributed by atoms with Crippen molar-refractivity contribution in [1.29, 1.82) is 0 Å². The van der Waals surface area contributed by atoms with Crippen LogP contribution in [0.3, 0.4) is 0 Å². The van der Waals surface area contributed by atoms with Crippen molar-refractivity contribution < 1.29 is 14.3 Å². The topological polar surface area (TPSA) is 79.5 Å². The molecule has 1 saturated heterocycles. The fraction of sp³-hybridized carbons (Fsp3) is 0.429. The van der Waals surface area contributed by atoms with Crippen molar-refractivity contribution in [2.75, 3.05) is 30.8 Å². The van der Waals surface area contributed by atoms with E-state index in [1.54, 1.807) is 24.3 Å². The van der Waals surface area contributed by atoms with Crippen LogP contribution in [0.25, 0.3) is 0 Å². The van der Waals surface area contributed by atoms with Gasteiger partial charge in [0.15, 0.2) is 0 Å². The maximum Gasteiger partial charge on any atom is 0.411 e. The van der Waals surface area contributed by atoms with Crippen LogP contribution in [0.5, 0.6) is 0 Å². The van der Waals surface area contributed by atoms with Crippen LogP contribution in [0.1, 0.15) is 12.8 Å². The Bertz CT molecular complexity index is 484. The van der Waals surface area contributed by atoms with Crippen molar-refractivity contribution in [3.8, 4) is 0 Å². The molecule has 3 N–H and O–H groups in total. The highest BCUT2D eigenvalue weighted by atomic mass is 16.5. The lowest BCUT2D eigenvalue weighted by Crippen LogP contribution is -2.37. The molecule has 1 aliphatic rings. The van der Waals surface area contributed by atoms with Gasteiger partial charge in [0.25, 0.3) is 0 Å². The van der Waals surface area contributed by atoms with E-state index in [-0.39, 0.29) is 11.8 Å². The smallest absolute Gasteiger partial charge is 0.411 e. The second-order valence-corrected chi connectivity index (χ2v) is 4.73. The monoisotopic (exact) mass is 277 g/mol.